The van der Waals surface area contributed by atoms with Gasteiger partial charge in [0.2, 0.25) is 5.88 Å². The minimum atomic E-state index is -0.544. The molecule has 0 fully saturated rings. The van der Waals surface area contributed by atoms with E-state index in [-0.39, 0.29) is 24.1 Å². The topological polar surface area (TPSA) is 56.6 Å². The third kappa shape index (κ3) is 5.10. The monoisotopic (exact) mass is 487 g/mol. The first kappa shape index (κ1) is 25.0. The summed E-state index contributed by atoms with van der Waals surface area (Å²) in [5, 5.41) is 4.76. The SMILES string of the molecule is CCC(C)N(Cc1c(C)nn(-c2ccccc2)c1Oc1ccccc1OC)C(=O)c1ccccc1F. The molecule has 0 N–H and O–H groups in total. The van der Waals surface area contributed by atoms with E-state index in [0.29, 0.717) is 29.5 Å². The van der Waals surface area contributed by atoms with Gasteiger partial charge in [0.25, 0.3) is 5.91 Å². The molecule has 0 aliphatic rings. The van der Waals surface area contributed by atoms with Crippen LogP contribution in [-0.2, 0) is 6.54 Å². The molecule has 0 aliphatic heterocycles. The van der Waals surface area contributed by atoms with E-state index in [0.717, 1.165) is 11.3 Å². The lowest BCUT2D eigenvalue weighted by Crippen LogP contribution is -2.38. The quantitative estimate of drug-likeness (QED) is 0.268. The third-order valence-electron chi connectivity index (χ3n) is 6.23. The molecule has 0 saturated carbocycles. The van der Waals surface area contributed by atoms with Gasteiger partial charge in [-0.25, -0.2) is 9.07 Å². The van der Waals surface area contributed by atoms with Crippen LogP contribution in [0.3, 0.4) is 0 Å². The van der Waals surface area contributed by atoms with E-state index in [1.54, 1.807) is 28.8 Å². The fourth-order valence-electron chi connectivity index (χ4n) is 3.98. The molecule has 1 atom stereocenters. The number of para-hydroxylation sites is 3. The van der Waals surface area contributed by atoms with Crippen LogP contribution in [0.15, 0.2) is 78.9 Å². The molecule has 0 radical (unpaired) electrons. The number of aromatic nitrogens is 2. The van der Waals surface area contributed by atoms with E-state index in [4.69, 9.17) is 14.6 Å². The number of halogens is 1. The van der Waals surface area contributed by atoms with Crippen LogP contribution in [0.1, 0.15) is 41.9 Å². The Labute approximate surface area is 210 Å². The van der Waals surface area contributed by atoms with Crippen LogP contribution in [0.4, 0.5) is 4.39 Å². The number of nitrogens with zero attached hydrogens (tertiary/aromatic N) is 3. The van der Waals surface area contributed by atoms with Gasteiger partial charge >= 0.3 is 0 Å². The lowest BCUT2D eigenvalue weighted by molar-refractivity contribution is 0.0665. The van der Waals surface area contributed by atoms with Crippen LogP contribution in [0, 0.1) is 12.7 Å². The Morgan fingerprint density at radius 2 is 1.64 bits per heavy atom. The van der Waals surface area contributed by atoms with Crippen LogP contribution in [0.5, 0.6) is 17.4 Å². The van der Waals surface area contributed by atoms with Gasteiger partial charge in [0.05, 0.1) is 36.2 Å². The molecule has 36 heavy (non-hydrogen) atoms. The van der Waals surface area contributed by atoms with Crippen molar-refractivity contribution in [1.82, 2.24) is 14.7 Å². The molecular weight excluding hydrogens is 457 g/mol. The summed E-state index contributed by atoms with van der Waals surface area (Å²) in [7, 11) is 1.58. The van der Waals surface area contributed by atoms with Gasteiger partial charge in [-0.3, -0.25) is 4.79 Å². The molecule has 1 aromatic heterocycles. The van der Waals surface area contributed by atoms with Gasteiger partial charge in [-0.05, 0) is 56.7 Å². The van der Waals surface area contributed by atoms with E-state index in [9.17, 15) is 9.18 Å². The average Bonchev–Trinajstić information content (AvgIpc) is 3.22. The molecule has 0 bridgehead atoms. The van der Waals surface area contributed by atoms with E-state index in [2.05, 4.69) is 0 Å². The first-order valence-electron chi connectivity index (χ1n) is 11.9. The minimum Gasteiger partial charge on any atom is -0.493 e. The second kappa shape index (κ2) is 11.1. The van der Waals surface area contributed by atoms with Gasteiger partial charge < -0.3 is 14.4 Å². The van der Waals surface area contributed by atoms with Gasteiger partial charge in [0, 0.05) is 6.04 Å². The average molecular weight is 488 g/mol. The molecule has 1 unspecified atom stereocenters. The zero-order valence-corrected chi connectivity index (χ0v) is 20.9. The predicted molar refractivity (Wildman–Crippen MR) is 137 cm³/mol. The lowest BCUT2D eigenvalue weighted by atomic mass is 10.1. The first-order chi connectivity index (χ1) is 17.4. The highest BCUT2D eigenvalue weighted by atomic mass is 19.1. The largest absolute Gasteiger partial charge is 0.493 e. The highest BCUT2D eigenvalue weighted by Crippen LogP contribution is 2.36. The number of rotatable bonds is 9. The standard InChI is InChI=1S/C29H30FN3O3/c1-5-20(2)32(28(34)23-15-9-10-16-25(23)30)19-24-21(3)31-33(22-13-7-6-8-14-22)29(24)36-27-18-12-11-17-26(27)35-4/h6-18,20H,5,19H2,1-4H3. The van der Waals surface area contributed by atoms with Crippen LogP contribution in [0.25, 0.3) is 5.69 Å². The predicted octanol–water partition coefficient (Wildman–Crippen LogP) is 6.56. The second-order valence-electron chi connectivity index (χ2n) is 8.54. The minimum absolute atomic E-state index is 0.0399. The van der Waals surface area contributed by atoms with Crippen molar-refractivity contribution in [2.45, 2.75) is 39.8 Å². The summed E-state index contributed by atoms with van der Waals surface area (Å²) in [5.74, 6) is 0.644. The summed E-state index contributed by atoms with van der Waals surface area (Å²) in [6.45, 7) is 6.03. The highest BCUT2D eigenvalue weighted by Gasteiger charge is 2.28. The highest BCUT2D eigenvalue weighted by molar-refractivity contribution is 5.94. The Bertz CT molecular complexity index is 1340. The number of benzene rings is 3. The van der Waals surface area contributed by atoms with Gasteiger partial charge in [0.15, 0.2) is 11.5 Å². The van der Waals surface area contributed by atoms with Crippen molar-refractivity contribution in [1.29, 1.82) is 0 Å². The molecule has 4 aromatic rings. The van der Waals surface area contributed by atoms with E-state index in [1.165, 1.54) is 12.1 Å². The Morgan fingerprint density at radius 1 is 1.00 bits per heavy atom. The molecule has 4 rings (SSSR count). The Balaban J connectivity index is 1.82. The molecule has 186 valence electrons. The van der Waals surface area contributed by atoms with Crippen molar-refractivity contribution in [2.75, 3.05) is 7.11 Å². The molecule has 6 nitrogen and oxygen atoms in total. The number of methoxy groups -OCH3 is 1. The maximum absolute atomic E-state index is 14.6. The van der Waals surface area contributed by atoms with Crippen molar-refractivity contribution >= 4 is 5.91 Å². The molecule has 0 aliphatic carbocycles. The summed E-state index contributed by atoms with van der Waals surface area (Å²) < 4.78 is 28.2. The van der Waals surface area contributed by atoms with Gasteiger partial charge in [-0.2, -0.15) is 5.10 Å². The molecular formula is C29H30FN3O3. The second-order valence-corrected chi connectivity index (χ2v) is 8.54. The molecule has 1 amide bonds. The number of carbonyl (C=O) groups excluding carboxylic acids is 1. The van der Waals surface area contributed by atoms with Crippen molar-refractivity contribution in [2.24, 2.45) is 0 Å². The smallest absolute Gasteiger partial charge is 0.257 e. The summed E-state index contributed by atoms with van der Waals surface area (Å²) >= 11 is 0. The zero-order valence-electron chi connectivity index (χ0n) is 20.9. The maximum atomic E-state index is 14.6. The van der Waals surface area contributed by atoms with E-state index in [1.807, 2.05) is 75.4 Å². The number of aryl methyl sites for hydroxylation is 1. The third-order valence-corrected chi connectivity index (χ3v) is 6.23. The molecule has 1 heterocycles. The Morgan fingerprint density at radius 3 is 2.31 bits per heavy atom. The summed E-state index contributed by atoms with van der Waals surface area (Å²) in [5.41, 5.74) is 2.29. The van der Waals surface area contributed by atoms with Crippen LogP contribution in [-0.4, -0.2) is 33.7 Å². The summed E-state index contributed by atoms with van der Waals surface area (Å²) in [6, 6.07) is 22.9. The zero-order chi connectivity index (χ0) is 25.7. The van der Waals surface area contributed by atoms with Crippen LogP contribution < -0.4 is 9.47 Å². The number of amides is 1. The number of carbonyl (C=O) groups is 1. The van der Waals surface area contributed by atoms with Crippen molar-refractivity contribution in [3.8, 4) is 23.1 Å². The molecule has 0 spiro atoms. The fourth-order valence-corrected chi connectivity index (χ4v) is 3.98. The Hall–Kier alpha value is -4.13. The molecule has 7 heteroatoms. The number of hydrogen-bond acceptors (Lipinski definition) is 4. The molecule has 0 saturated heterocycles. The van der Waals surface area contributed by atoms with Crippen LogP contribution >= 0.6 is 0 Å². The number of hydrogen-bond donors (Lipinski definition) is 0. The van der Waals surface area contributed by atoms with Gasteiger partial charge in [-0.15, -0.1) is 0 Å². The number of ether oxygens (including phenoxy) is 2. The molecule has 3 aromatic carbocycles. The van der Waals surface area contributed by atoms with Gasteiger partial charge in [0.1, 0.15) is 5.82 Å². The summed E-state index contributed by atoms with van der Waals surface area (Å²) in [4.78, 5) is 15.2. The fraction of sp³-hybridized carbons (Fsp3) is 0.241. The van der Waals surface area contributed by atoms with E-state index >= 15 is 0 Å². The van der Waals surface area contributed by atoms with Crippen LogP contribution in [0.2, 0.25) is 0 Å². The lowest BCUT2D eigenvalue weighted by Gasteiger charge is -2.29. The Kier molecular flexibility index (Phi) is 7.68. The van der Waals surface area contributed by atoms with E-state index < -0.39 is 5.82 Å². The van der Waals surface area contributed by atoms with Gasteiger partial charge in [-0.1, -0.05) is 49.4 Å². The summed E-state index contributed by atoms with van der Waals surface area (Å²) in [6.07, 6.45) is 0.703. The van der Waals surface area contributed by atoms with Crippen molar-refractivity contribution in [3.05, 3.63) is 102 Å². The van der Waals surface area contributed by atoms with Crippen molar-refractivity contribution in [3.63, 3.8) is 0 Å². The van der Waals surface area contributed by atoms with Crippen molar-refractivity contribution < 1.29 is 18.7 Å². The maximum Gasteiger partial charge on any atom is 0.257 e. The normalized spacial score (nSPS) is 11.7. The first-order valence-corrected chi connectivity index (χ1v) is 11.9.